The Labute approximate surface area is 149 Å². The Morgan fingerprint density at radius 1 is 1.21 bits per heavy atom. The molecule has 2 aromatic heterocycles. The van der Waals surface area contributed by atoms with Gasteiger partial charge >= 0.3 is 0 Å². The van der Waals surface area contributed by atoms with Gasteiger partial charge in [-0.15, -0.1) is 11.3 Å². The molecule has 8 heteroatoms. The zero-order valence-corrected chi connectivity index (χ0v) is 15.4. The van der Waals surface area contributed by atoms with Crippen molar-refractivity contribution in [1.29, 1.82) is 0 Å². The first-order chi connectivity index (χ1) is 11.6. The van der Waals surface area contributed by atoms with Crippen molar-refractivity contribution in [3.63, 3.8) is 0 Å². The number of aryl methyl sites for hydroxylation is 1. The number of aromatic nitrogens is 1. The molecular weight excluding hydrogens is 344 g/mol. The monoisotopic (exact) mass is 364 g/mol. The quantitative estimate of drug-likeness (QED) is 0.905. The second-order valence-corrected chi connectivity index (χ2v) is 7.47. The number of thiazole rings is 1. The van der Waals surface area contributed by atoms with Gasteiger partial charge < -0.3 is 15.1 Å². The maximum Gasteiger partial charge on any atom is 0.266 e. The molecule has 1 aliphatic heterocycles. The van der Waals surface area contributed by atoms with Crippen molar-refractivity contribution in [3.8, 4) is 0 Å². The van der Waals surface area contributed by atoms with E-state index in [0.29, 0.717) is 31.1 Å². The molecule has 1 saturated heterocycles. The summed E-state index contributed by atoms with van der Waals surface area (Å²) in [7, 11) is 0. The van der Waals surface area contributed by atoms with E-state index in [1.807, 2.05) is 41.2 Å². The molecular formula is C16H20N4O2S2. The third kappa shape index (κ3) is 3.44. The Hall–Kier alpha value is -1.93. The first-order valence-electron chi connectivity index (χ1n) is 7.93. The predicted molar refractivity (Wildman–Crippen MR) is 97.1 cm³/mol. The van der Waals surface area contributed by atoms with Crippen molar-refractivity contribution in [1.82, 2.24) is 14.8 Å². The zero-order chi connectivity index (χ0) is 17.1. The molecule has 0 aromatic carbocycles. The molecule has 0 spiro atoms. The van der Waals surface area contributed by atoms with E-state index in [1.165, 1.54) is 22.7 Å². The smallest absolute Gasteiger partial charge is 0.266 e. The summed E-state index contributed by atoms with van der Waals surface area (Å²) in [5.41, 5.74) is 0.762. The van der Waals surface area contributed by atoms with Gasteiger partial charge in [-0.1, -0.05) is 17.4 Å². The minimum Gasteiger partial charge on any atom is -0.362 e. The summed E-state index contributed by atoms with van der Waals surface area (Å²) in [6, 6.07) is 3.72. The Morgan fingerprint density at radius 3 is 2.46 bits per heavy atom. The Kier molecular flexibility index (Phi) is 5.15. The van der Waals surface area contributed by atoms with Gasteiger partial charge in [0.05, 0.1) is 10.6 Å². The molecule has 1 fully saturated rings. The lowest BCUT2D eigenvalue weighted by molar-refractivity contribution is 0.0540. The topological polar surface area (TPSA) is 65.5 Å². The molecule has 1 aliphatic rings. The van der Waals surface area contributed by atoms with Crippen LogP contribution >= 0.6 is 22.7 Å². The highest BCUT2D eigenvalue weighted by Gasteiger charge is 2.27. The summed E-state index contributed by atoms with van der Waals surface area (Å²) in [5.74, 6) is 0.0675. The van der Waals surface area contributed by atoms with Crippen LogP contribution in [0, 0.1) is 6.92 Å². The summed E-state index contributed by atoms with van der Waals surface area (Å²) in [6.45, 7) is 6.90. The van der Waals surface area contributed by atoms with Gasteiger partial charge in [0.1, 0.15) is 4.88 Å². The van der Waals surface area contributed by atoms with E-state index in [1.54, 1.807) is 0 Å². The Bertz CT molecular complexity index is 719. The SMILES string of the molecule is CCNc1nc(C)c(C(=O)N2CCN(C(=O)c3cccs3)CC2)s1. The molecule has 1 N–H and O–H groups in total. The lowest BCUT2D eigenvalue weighted by atomic mass is 10.2. The zero-order valence-electron chi connectivity index (χ0n) is 13.7. The lowest BCUT2D eigenvalue weighted by Gasteiger charge is -2.34. The molecule has 2 amide bonds. The van der Waals surface area contributed by atoms with Crippen LogP contribution in [0.3, 0.4) is 0 Å². The Morgan fingerprint density at radius 2 is 1.88 bits per heavy atom. The van der Waals surface area contributed by atoms with Crippen LogP contribution in [0.2, 0.25) is 0 Å². The number of amides is 2. The second kappa shape index (κ2) is 7.31. The van der Waals surface area contributed by atoms with Gasteiger partial charge in [0, 0.05) is 32.7 Å². The van der Waals surface area contributed by atoms with Crippen LogP contribution in [0.1, 0.15) is 32.0 Å². The van der Waals surface area contributed by atoms with E-state index in [-0.39, 0.29) is 11.8 Å². The third-order valence-electron chi connectivity index (χ3n) is 3.90. The van der Waals surface area contributed by atoms with Crippen molar-refractivity contribution in [2.24, 2.45) is 0 Å². The molecule has 0 bridgehead atoms. The van der Waals surface area contributed by atoms with E-state index in [0.717, 1.165) is 22.2 Å². The fourth-order valence-electron chi connectivity index (χ4n) is 2.63. The molecule has 0 saturated carbocycles. The van der Waals surface area contributed by atoms with Gasteiger partial charge in [0.2, 0.25) is 0 Å². The summed E-state index contributed by atoms with van der Waals surface area (Å²) in [5, 5.41) is 5.84. The molecule has 0 unspecified atom stereocenters. The van der Waals surface area contributed by atoms with Gasteiger partial charge in [0.25, 0.3) is 11.8 Å². The maximum atomic E-state index is 12.7. The third-order valence-corrected chi connectivity index (χ3v) is 5.87. The summed E-state index contributed by atoms with van der Waals surface area (Å²) < 4.78 is 0. The van der Waals surface area contributed by atoms with Crippen LogP contribution in [-0.4, -0.2) is 59.3 Å². The van der Waals surface area contributed by atoms with Crippen molar-refractivity contribution in [2.75, 3.05) is 38.0 Å². The number of anilines is 1. The van der Waals surface area contributed by atoms with Crippen LogP contribution in [0.5, 0.6) is 0 Å². The first kappa shape index (κ1) is 16.9. The first-order valence-corrected chi connectivity index (χ1v) is 9.63. The molecule has 0 aliphatic carbocycles. The van der Waals surface area contributed by atoms with Crippen LogP contribution < -0.4 is 5.32 Å². The second-order valence-electron chi connectivity index (χ2n) is 5.53. The van der Waals surface area contributed by atoms with Gasteiger partial charge in [-0.2, -0.15) is 0 Å². The van der Waals surface area contributed by atoms with Crippen LogP contribution in [-0.2, 0) is 0 Å². The van der Waals surface area contributed by atoms with Gasteiger partial charge in [-0.3, -0.25) is 9.59 Å². The average Bonchev–Trinajstić information content (AvgIpc) is 3.24. The largest absolute Gasteiger partial charge is 0.362 e. The number of nitrogens with zero attached hydrogens (tertiary/aromatic N) is 3. The minimum atomic E-state index is 0.0115. The van der Waals surface area contributed by atoms with E-state index in [2.05, 4.69) is 10.3 Å². The maximum absolute atomic E-state index is 12.7. The normalized spacial score (nSPS) is 14.8. The molecule has 0 atom stereocenters. The average molecular weight is 364 g/mol. The van der Waals surface area contributed by atoms with Crippen LogP contribution in [0.15, 0.2) is 17.5 Å². The number of hydrogen-bond acceptors (Lipinski definition) is 6. The van der Waals surface area contributed by atoms with Gasteiger partial charge in [0.15, 0.2) is 5.13 Å². The van der Waals surface area contributed by atoms with E-state index >= 15 is 0 Å². The fourth-order valence-corrected chi connectivity index (χ4v) is 4.33. The number of hydrogen-bond donors (Lipinski definition) is 1. The van der Waals surface area contributed by atoms with E-state index < -0.39 is 0 Å². The Balaban J connectivity index is 1.62. The molecule has 2 aromatic rings. The summed E-state index contributed by atoms with van der Waals surface area (Å²) >= 11 is 2.85. The van der Waals surface area contributed by atoms with E-state index in [4.69, 9.17) is 0 Å². The van der Waals surface area contributed by atoms with Crippen molar-refractivity contribution in [3.05, 3.63) is 33.0 Å². The van der Waals surface area contributed by atoms with Crippen molar-refractivity contribution >= 4 is 39.6 Å². The standard InChI is InChI=1S/C16H20N4O2S2/c1-3-17-16-18-11(2)13(24-16)15(22)20-8-6-19(7-9-20)14(21)12-5-4-10-23-12/h4-5,10H,3,6-9H2,1-2H3,(H,17,18). The summed E-state index contributed by atoms with van der Waals surface area (Å²) in [4.78, 5) is 34.5. The number of piperazine rings is 1. The minimum absolute atomic E-state index is 0.0115. The number of rotatable bonds is 4. The highest BCUT2D eigenvalue weighted by Crippen LogP contribution is 2.24. The molecule has 3 heterocycles. The van der Waals surface area contributed by atoms with Crippen LogP contribution in [0.4, 0.5) is 5.13 Å². The van der Waals surface area contributed by atoms with E-state index in [9.17, 15) is 9.59 Å². The van der Waals surface area contributed by atoms with Crippen LogP contribution in [0.25, 0.3) is 0 Å². The molecule has 24 heavy (non-hydrogen) atoms. The molecule has 128 valence electrons. The fraction of sp³-hybridized carbons (Fsp3) is 0.438. The molecule has 6 nitrogen and oxygen atoms in total. The number of carbonyl (C=O) groups excluding carboxylic acids is 2. The highest BCUT2D eigenvalue weighted by atomic mass is 32.1. The highest BCUT2D eigenvalue weighted by molar-refractivity contribution is 7.17. The molecule has 0 radical (unpaired) electrons. The predicted octanol–water partition coefficient (Wildman–Crippen LogP) is 2.54. The lowest BCUT2D eigenvalue weighted by Crippen LogP contribution is -2.50. The number of thiophene rings is 1. The van der Waals surface area contributed by atoms with Gasteiger partial charge in [-0.05, 0) is 25.3 Å². The number of carbonyl (C=O) groups is 2. The molecule has 3 rings (SSSR count). The number of nitrogens with one attached hydrogen (secondary N) is 1. The van der Waals surface area contributed by atoms with Gasteiger partial charge in [-0.25, -0.2) is 4.98 Å². The summed E-state index contributed by atoms with van der Waals surface area (Å²) in [6.07, 6.45) is 0. The van der Waals surface area contributed by atoms with Crippen molar-refractivity contribution in [2.45, 2.75) is 13.8 Å². The van der Waals surface area contributed by atoms with Crippen molar-refractivity contribution < 1.29 is 9.59 Å².